The predicted molar refractivity (Wildman–Crippen MR) is 59.9 cm³/mol. The van der Waals surface area contributed by atoms with Gasteiger partial charge in [-0.05, 0) is 5.92 Å². The molecule has 5 nitrogen and oxygen atoms in total. The first-order valence-corrected chi connectivity index (χ1v) is 4.99. The van der Waals surface area contributed by atoms with Gasteiger partial charge < -0.3 is 15.8 Å². The SMILES string of the molecule is COc1cc(NCC(N)C(C)C)ncn1. The van der Waals surface area contributed by atoms with E-state index < -0.39 is 0 Å². The normalized spacial score (nSPS) is 12.6. The molecule has 15 heavy (non-hydrogen) atoms. The fraction of sp³-hybridized carbons (Fsp3) is 0.600. The number of aromatic nitrogens is 2. The van der Waals surface area contributed by atoms with E-state index in [2.05, 4.69) is 29.1 Å². The van der Waals surface area contributed by atoms with Crippen LogP contribution in [0.4, 0.5) is 5.82 Å². The smallest absolute Gasteiger partial charge is 0.218 e. The lowest BCUT2D eigenvalue weighted by Gasteiger charge is -2.16. The second-order valence-electron chi connectivity index (χ2n) is 3.73. The highest BCUT2D eigenvalue weighted by molar-refractivity contribution is 5.37. The van der Waals surface area contributed by atoms with E-state index in [9.17, 15) is 0 Å². The zero-order valence-corrected chi connectivity index (χ0v) is 9.40. The van der Waals surface area contributed by atoms with E-state index >= 15 is 0 Å². The summed E-state index contributed by atoms with van der Waals surface area (Å²) in [4.78, 5) is 7.98. The number of anilines is 1. The summed E-state index contributed by atoms with van der Waals surface area (Å²) in [5.41, 5.74) is 5.90. The van der Waals surface area contributed by atoms with Crippen LogP contribution in [0.2, 0.25) is 0 Å². The molecule has 1 rings (SSSR count). The van der Waals surface area contributed by atoms with Gasteiger partial charge in [-0.1, -0.05) is 13.8 Å². The van der Waals surface area contributed by atoms with Gasteiger partial charge >= 0.3 is 0 Å². The Kier molecular flexibility index (Phi) is 4.30. The molecule has 1 aromatic heterocycles. The van der Waals surface area contributed by atoms with Crippen molar-refractivity contribution in [1.29, 1.82) is 0 Å². The third kappa shape index (κ3) is 3.71. The molecule has 1 heterocycles. The minimum atomic E-state index is 0.117. The lowest BCUT2D eigenvalue weighted by molar-refractivity contribution is 0.397. The number of nitrogens with two attached hydrogens (primary N) is 1. The first-order chi connectivity index (χ1) is 7.13. The van der Waals surface area contributed by atoms with Gasteiger partial charge in [-0.2, -0.15) is 0 Å². The van der Waals surface area contributed by atoms with Crippen molar-refractivity contribution >= 4 is 5.82 Å². The van der Waals surface area contributed by atoms with Crippen LogP contribution in [0.1, 0.15) is 13.8 Å². The molecule has 0 fully saturated rings. The van der Waals surface area contributed by atoms with Crippen LogP contribution in [0.15, 0.2) is 12.4 Å². The van der Waals surface area contributed by atoms with Gasteiger partial charge in [0.25, 0.3) is 0 Å². The molecular weight excluding hydrogens is 192 g/mol. The van der Waals surface area contributed by atoms with Crippen molar-refractivity contribution in [2.75, 3.05) is 19.0 Å². The number of nitrogens with one attached hydrogen (secondary N) is 1. The average molecular weight is 210 g/mol. The standard InChI is InChI=1S/C10H18N4O/c1-7(2)8(11)5-12-9-4-10(15-3)14-6-13-9/h4,6-8H,5,11H2,1-3H3,(H,12,13,14). The first kappa shape index (κ1) is 11.7. The van der Waals surface area contributed by atoms with E-state index in [1.165, 1.54) is 6.33 Å². The minimum Gasteiger partial charge on any atom is -0.481 e. The Labute approximate surface area is 90.1 Å². The maximum atomic E-state index is 5.90. The summed E-state index contributed by atoms with van der Waals surface area (Å²) in [5.74, 6) is 1.73. The molecule has 0 saturated heterocycles. The van der Waals surface area contributed by atoms with Crippen molar-refractivity contribution in [1.82, 2.24) is 9.97 Å². The minimum absolute atomic E-state index is 0.117. The average Bonchev–Trinajstić information content (AvgIpc) is 2.26. The first-order valence-electron chi connectivity index (χ1n) is 4.99. The lowest BCUT2D eigenvalue weighted by Crippen LogP contribution is -2.34. The van der Waals surface area contributed by atoms with Gasteiger partial charge in [0.2, 0.25) is 5.88 Å². The number of methoxy groups -OCH3 is 1. The van der Waals surface area contributed by atoms with E-state index in [1.807, 2.05) is 0 Å². The summed E-state index contributed by atoms with van der Waals surface area (Å²) in [6.07, 6.45) is 1.46. The number of hydrogen-bond acceptors (Lipinski definition) is 5. The molecule has 1 atom stereocenters. The molecule has 0 bridgehead atoms. The van der Waals surface area contributed by atoms with Crippen LogP contribution in [0.5, 0.6) is 5.88 Å². The van der Waals surface area contributed by atoms with Gasteiger partial charge in [0, 0.05) is 18.7 Å². The highest BCUT2D eigenvalue weighted by Crippen LogP contribution is 2.10. The maximum Gasteiger partial charge on any atom is 0.218 e. The van der Waals surface area contributed by atoms with Gasteiger partial charge in [-0.15, -0.1) is 0 Å². The Morgan fingerprint density at radius 1 is 1.47 bits per heavy atom. The van der Waals surface area contributed by atoms with Crippen molar-refractivity contribution in [2.24, 2.45) is 11.7 Å². The van der Waals surface area contributed by atoms with Crippen LogP contribution < -0.4 is 15.8 Å². The molecule has 0 radical (unpaired) electrons. The predicted octanol–water partition coefficient (Wildman–Crippen LogP) is 0.880. The Morgan fingerprint density at radius 2 is 2.20 bits per heavy atom. The second-order valence-corrected chi connectivity index (χ2v) is 3.73. The molecule has 84 valence electrons. The van der Waals surface area contributed by atoms with E-state index in [0.29, 0.717) is 18.3 Å². The Balaban J connectivity index is 2.50. The van der Waals surface area contributed by atoms with Crippen molar-refractivity contribution in [2.45, 2.75) is 19.9 Å². The summed E-state index contributed by atoms with van der Waals surface area (Å²) < 4.78 is 4.99. The van der Waals surface area contributed by atoms with Gasteiger partial charge in [0.15, 0.2) is 0 Å². The molecule has 3 N–H and O–H groups in total. The molecule has 0 aliphatic heterocycles. The number of nitrogens with zero attached hydrogens (tertiary/aromatic N) is 2. The van der Waals surface area contributed by atoms with Gasteiger partial charge in [-0.3, -0.25) is 0 Å². The van der Waals surface area contributed by atoms with Crippen LogP contribution in [-0.2, 0) is 0 Å². The zero-order valence-electron chi connectivity index (χ0n) is 9.40. The molecule has 0 spiro atoms. The molecule has 0 amide bonds. The van der Waals surface area contributed by atoms with Crippen LogP contribution in [0.3, 0.4) is 0 Å². The van der Waals surface area contributed by atoms with Crippen molar-refractivity contribution < 1.29 is 4.74 Å². The Morgan fingerprint density at radius 3 is 2.80 bits per heavy atom. The van der Waals surface area contributed by atoms with Gasteiger partial charge in [0.05, 0.1) is 7.11 Å². The Hall–Kier alpha value is -1.36. The van der Waals surface area contributed by atoms with Gasteiger partial charge in [0.1, 0.15) is 12.1 Å². The summed E-state index contributed by atoms with van der Waals surface area (Å²) in [7, 11) is 1.58. The Bertz CT molecular complexity index is 303. The summed E-state index contributed by atoms with van der Waals surface area (Å²) in [5, 5.41) is 3.14. The third-order valence-electron chi connectivity index (χ3n) is 2.23. The molecule has 1 aromatic rings. The van der Waals surface area contributed by atoms with Gasteiger partial charge in [-0.25, -0.2) is 9.97 Å². The summed E-state index contributed by atoms with van der Waals surface area (Å²) in [6.45, 7) is 4.87. The van der Waals surface area contributed by atoms with E-state index in [-0.39, 0.29) is 6.04 Å². The van der Waals surface area contributed by atoms with Crippen LogP contribution in [0.25, 0.3) is 0 Å². The van der Waals surface area contributed by atoms with Crippen molar-refractivity contribution in [3.05, 3.63) is 12.4 Å². The van der Waals surface area contributed by atoms with E-state index in [1.54, 1.807) is 13.2 Å². The van der Waals surface area contributed by atoms with Crippen LogP contribution >= 0.6 is 0 Å². The molecular formula is C10H18N4O. The number of ether oxygens (including phenoxy) is 1. The quantitative estimate of drug-likeness (QED) is 0.754. The van der Waals surface area contributed by atoms with E-state index in [0.717, 1.165) is 5.82 Å². The van der Waals surface area contributed by atoms with Crippen LogP contribution in [0, 0.1) is 5.92 Å². The fourth-order valence-electron chi connectivity index (χ4n) is 1.01. The van der Waals surface area contributed by atoms with Crippen molar-refractivity contribution in [3.8, 4) is 5.88 Å². The lowest BCUT2D eigenvalue weighted by atomic mass is 10.1. The molecule has 0 saturated carbocycles. The largest absolute Gasteiger partial charge is 0.481 e. The number of hydrogen-bond donors (Lipinski definition) is 2. The topological polar surface area (TPSA) is 73.1 Å². The maximum absolute atomic E-state index is 5.90. The summed E-state index contributed by atoms with van der Waals surface area (Å²) in [6, 6.07) is 1.86. The molecule has 1 unspecified atom stereocenters. The second kappa shape index (κ2) is 5.50. The molecule has 0 aliphatic rings. The van der Waals surface area contributed by atoms with Crippen molar-refractivity contribution in [3.63, 3.8) is 0 Å². The fourth-order valence-corrected chi connectivity index (χ4v) is 1.01. The van der Waals surface area contributed by atoms with E-state index in [4.69, 9.17) is 10.5 Å². The summed E-state index contributed by atoms with van der Waals surface area (Å²) >= 11 is 0. The highest BCUT2D eigenvalue weighted by Gasteiger charge is 2.07. The zero-order chi connectivity index (χ0) is 11.3. The molecule has 5 heteroatoms. The molecule has 0 aliphatic carbocycles. The monoisotopic (exact) mass is 210 g/mol. The van der Waals surface area contributed by atoms with Crippen LogP contribution in [-0.4, -0.2) is 29.7 Å². The molecule has 0 aromatic carbocycles. The highest BCUT2D eigenvalue weighted by atomic mass is 16.5. The third-order valence-corrected chi connectivity index (χ3v) is 2.23. The number of rotatable bonds is 5.